The Kier molecular flexibility index (Phi) is 7.87. The van der Waals surface area contributed by atoms with Crippen LogP contribution in [0.2, 0.25) is 25.2 Å². The summed E-state index contributed by atoms with van der Waals surface area (Å²) in [5, 5.41) is 0. The largest absolute Gasteiger partial charge is 0.466 e. The van der Waals surface area contributed by atoms with Gasteiger partial charge < -0.3 is 9.47 Å². The molecule has 0 bridgehead atoms. The first-order chi connectivity index (χ1) is 7.91. The summed E-state index contributed by atoms with van der Waals surface area (Å²) in [5.74, 6) is -0.270. The maximum absolute atomic E-state index is 11.2. The summed E-state index contributed by atoms with van der Waals surface area (Å²) < 4.78 is 9.79. The summed E-state index contributed by atoms with van der Waals surface area (Å²) in [4.78, 5) is 22.5. The van der Waals surface area contributed by atoms with E-state index in [0.717, 1.165) is 12.1 Å². The molecule has 0 aliphatic carbocycles. The smallest absolute Gasteiger partial charge is 0.305 e. The van der Waals surface area contributed by atoms with Crippen LogP contribution in [0.25, 0.3) is 0 Å². The van der Waals surface area contributed by atoms with Gasteiger partial charge in [0.15, 0.2) is 0 Å². The molecule has 0 aromatic carbocycles. The minimum atomic E-state index is -1.49. The normalized spacial score (nSPS) is 11.1. The van der Waals surface area contributed by atoms with Gasteiger partial charge in [-0.15, -0.1) is 0 Å². The third-order valence-electron chi connectivity index (χ3n) is 2.62. The minimum Gasteiger partial charge on any atom is -0.466 e. The van der Waals surface area contributed by atoms with Crippen LogP contribution in [-0.4, -0.2) is 33.2 Å². The van der Waals surface area contributed by atoms with Crippen LogP contribution in [0, 0.1) is 0 Å². The van der Waals surface area contributed by atoms with Gasteiger partial charge in [-0.1, -0.05) is 13.1 Å². The molecular formula is C12H24O4Si. The van der Waals surface area contributed by atoms with E-state index in [1.54, 1.807) is 13.8 Å². The fourth-order valence-corrected chi connectivity index (χ4v) is 3.48. The van der Waals surface area contributed by atoms with E-state index in [0.29, 0.717) is 26.1 Å². The highest BCUT2D eigenvalue weighted by atomic mass is 28.3. The van der Waals surface area contributed by atoms with Gasteiger partial charge in [-0.25, -0.2) is 0 Å². The summed E-state index contributed by atoms with van der Waals surface area (Å²) in [6.45, 7) is 8.85. The highest BCUT2D eigenvalue weighted by molar-refractivity contribution is 6.77. The van der Waals surface area contributed by atoms with Crippen LogP contribution >= 0.6 is 0 Å². The number of rotatable bonds is 8. The Balaban J connectivity index is 3.86. The van der Waals surface area contributed by atoms with Crippen LogP contribution in [0.3, 0.4) is 0 Å². The summed E-state index contributed by atoms with van der Waals surface area (Å²) in [6, 6.07) is 1.73. The van der Waals surface area contributed by atoms with E-state index in [9.17, 15) is 9.59 Å². The van der Waals surface area contributed by atoms with E-state index >= 15 is 0 Å². The number of ether oxygens (including phenoxy) is 2. The second kappa shape index (κ2) is 8.28. The third kappa shape index (κ3) is 8.91. The Hall–Kier alpha value is -0.843. The van der Waals surface area contributed by atoms with Crippen LogP contribution in [0.15, 0.2) is 0 Å². The van der Waals surface area contributed by atoms with Crippen molar-refractivity contribution in [1.82, 2.24) is 0 Å². The summed E-state index contributed by atoms with van der Waals surface area (Å²) >= 11 is 0. The number of carbonyl (C=O) groups is 2. The molecule has 0 saturated heterocycles. The Morgan fingerprint density at radius 2 is 1.24 bits per heavy atom. The van der Waals surface area contributed by atoms with Gasteiger partial charge in [-0.2, -0.15) is 0 Å². The third-order valence-corrected chi connectivity index (χ3v) is 5.83. The predicted octanol–water partition coefficient (Wildman–Crippen LogP) is 2.60. The molecule has 0 aliphatic rings. The molecule has 0 aliphatic heterocycles. The zero-order chi connectivity index (χ0) is 13.3. The first kappa shape index (κ1) is 16.2. The van der Waals surface area contributed by atoms with E-state index in [2.05, 4.69) is 13.1 Å². The molecule has 5 heteroatoms. The van der Waals surface area contributed by atoms with Gasteiger partial charge in [0.25, 0.3) is 0 Å². The standard InChI is InChI=1S/C12H24O4Si/c1-5-15-11(13)7-9-17(3,4)10-8-12(14)16-6-2/h5-10H2,1-4H3. The average Bonchev–Trinajstić information content (AvgIpc) is 2.25. The first-order valence-electron chi connectivity index (χ1n) is 6.22. The van der Waals surface area contributed by atoms with Crippen LogP contribution in [0.4, 0.5) is 0 Å². The van der Waals surface area contributed by atoms with Crippen LogP contribution in [-0.2, 0) is 19.1 Å². The highest BCUT2D eigenvalue weighted by Gasteiger charge is 2.23. The number of hydrogen-bond acceptors (Lipinski definition) is 4. The molecule has 0 fully saturated rings. The molecule has 0 aromatic rings. The average molecular weight is 260 g/mol. The van der Waals surface area contributed by atoms with Crippen LogP contribution in [0.5, 0.6) is 0 Å². The number of esters is 2. The van der Waals surface area contributed by atoms with E-state index in [-0.39, 0.29) is 11.9 Å². The van der Waals surface area contributed by atoms with Crippen molar-refractivity contribution < 1.29 is 19.1 Å². The van der Waals surface area contributed by atoms with Gasteiger partial charge in [-0.3, -0.25) is 9.59 Å². The molecule has 17 heavy (non-hydrogen) atoms. The van der Waals surface area contributed by atoms with Crippen molar-refractivity contribution in [2.24, 2.45) is 0 Å². The maximum Gasteiger partial charge on any atom is 0.305 e. The molecule has 0 heterocycles. The van der Waals surface area contributed by atoms with Gasteiger partial charge >= 0.3 is 11.9 Å². The SMILES string of the molecule is CCOC(=O)CC[Si](C)(C)CCC(=O)OCC. The quantitative estimate of drug-likeness (QED) is 0.497. The maximum atomic E-state index is 11.2. The predicted molar refractivity (Wildman–Crippen MR) is 69.6 cm³/mol. The molecule has 100 valence electrons. The minimum absolute atomic E-state index is 0.135. The van der Waals surface area contributed by atoms with Crippen molar-refractivity contribution in [3.63, 3.8) is 0 Å². The summed E-state index contributed by atoms with van der Waals surface area (Å²) in [7, 11) is -1.49. The lowest BCUT2D eigenvalue weighted by atomic mass is 10.5. The monoisotopic (exact) mass is 260 g/mol. The zero-order valence-corrected chi connectivity index (χ0v) is 12.4. The lowest BCUT2D eigenvalue weighted by Gasteiger charge is -2.21. The molecule has 0 saturated carbocycles. The van der Waals surface area contributed by atoms with Gasteiger partial charge in [0, 0.05) is 20.9 Å². The summed E-state index contributed by atoms with van der Waals surface area (Å²) in [5.41, 5.74) is 0. The molecule has 0 atom stereocenters. The van der Waals surface area contributed by atoms with Gasteiger partial charge in [0.1, 0.15) is 0 Å². The van der Waals surface area contributed by atoms with Gasteiger partial charge in [0.2, 0.25) is 0 Å². The fraction of sp³-hybridized carbons (Fsp3) is 0.833. The van der Waals surface area contributed by atoms with E-state index in [4.69, 9.17) is 9.47 Å². The van der Waals surface area contributed by atoms with Crippen molar-refractivity contribution >= 4 is 20.0 Å². The highest BCUT2D eigenvalue weighted by Crippen LogP contribution is 2.20. The molecule has 0 spiro atoms. The summed E-state index contributed by atoms with van der Waals surface area (Å²) in [6.07, 6.45) is 0.936. The van der Waals surface area contributed by atoms with Gasteiger partial charge in [0.05, 0.1) is 13.2 Å². The lowest BCUT2D eigenvalue weighted by Crippen LogP contribution is -2.27. The van der Waals surface area contributed by atoms with Gasteiger partial charge in [-0.05, 0) is 25.9 Å². The van der Waals surface area contributed by atoms with E-state index in [1.807, 2.05) is 0 Å². The molecular weight excluding hydrogens is 236 g/mol. The molecule has 0 rings (SSSR count). The molecule has 4 nitrogen and oxygen atoms in total. The molecule has 0 unspecified atom stereocenters. The first-order valence-corrected chi connectivity index (χ1v) is 9.64. The Bertz CT molecular complexity index is 227. The second-order valence-corrected chi connectivity index (χ2v) is 10.1. The van der Waals surface area contributed by atoms with E-state index in [1.165, 1.54) is 0 Å². The van der Waals surface area contributed by atoms with Crippen LogP contribution < -0.4 is 0 Å². The Morgan fingerprint density at radius 1 is 0.882 bits per heavy atom. The molecule has 0 radical (unpaired) electrons. The zero-order valence-electron chi connectivity index (χ0n) is 11.4. The Labute approximate surface area is 105 Å². The van der Waals surface area contributed by atoms with Crippen molar-refractivity contribution in [3.8, 4) is 0 Å². The molecule has 0 amide bonds. The Morgan fingerprint density at radius 3 is 1.53 bits per heavy atom. The topological polar surface area (TPSA) is 52.6 Å². The molecule has 0 aromatic heterocycles. The van der Waals surface area contributed by atoms with Crippen molar-refractivity contribution in [2.45, 2.75) is 51.9 Å². The second-order valence-electron chi connectivity index (χ2n) is 4.77. The van der Waals surface area contributed by atoms with Crippen LogP contribution in [0.1, 0.15) is 26.7 Å². The van der Waals surface area contributed by atoms with Crippen molar-refractivity contribution in [3.05, 3.63) is 0 Å². The fourth-order valence-electron chi connectivity index (χ4n) is 1.47. The number of hydrogen-bond donors (Lipinski definition) is 0. The molecule has 0 N–H and O–H groups in total. The number of carbonyl (C=O) groups excluding carboxylic acids is 2. The lowest BCUT2D eigenvalue weighted by molar-refractivity contribution is -0.143. The van der Waals surface area contributed by atoms with E-state index < -0.39 is 8.07 Å². The van der Waals surface area contributed by atoms with Crippen molar-refractivity contribution in [2.75, 3.05) is 13.2 Å². The van der Waals surface area contributed by atoms with Crippen molar-refractivity contribution in [1.29, 1.82) is 0 Å².